The van der Waals surface area contributed by atoms with Crippen LogP contribution in [0.15, 0.2) is 0 Å². The van der Waals surface area contributed by atoms with Crippen molar-refractivity contribution in [3.8, 4) is 0 Å². The Labute approximate surface area is 177 Å². The second-order valence-corrected chi connectivity index (χ2v) is 7.25. The van der Waals surface area contributed by atoms with Crippen LogP contribution in [-0.2, 0) is 14.4 Å². The Morgan fingerprint density at radius 3 is 1.61 bits per heavy atom. The van der Waals surface area contributed by atoms with Gasteiger partial charge in [0.05, 0.1) is 5.68 Å². The van der Waals surface area contributed by atoms with Crippen LogP contribution in [0.5, 0.6) is 0 Å². The fraction of sp³-hybridized carbons (Fsp3) is 0.875. The molecule has 0 bridgehead atoms. The fourth-order valence-corrected chi connectivity index (χ4v) is 2.81. The molecule has 1 aliphatic rings. The van der Waals surface area contributed by atoms with Gasteiger partial charge in [0.2, 0.25) is 6.71 Å². The smallest absolute Gasteiger partial charge is 0.223 e. The molecule has 4 heteroatoms. The Bertz CT molecular complexity index is 324. The maximum absolute atomic E-state index is 12.1. The molecule has 0 saturated carbocycles. The predicted molar refractivity (Wildman–Crippen MR) is 127 cm³/mol. The molecule has 0 aromatic heterocycles. The van der Waals surface area contributed by atoms with Gasteiger partial charge in [0, 0.05) is 11.8 Å². The molecule has 1 fully saturated rings. The average molecular weight is 398 g/mol. The van der Waals surface area contributed by atoms with E-state index in [0.29, 0.717) is 18.3 Å². The Balaban J connectivity index is -0.000000201. The molecule has 0 aromatic rings. The summed E-state index contributed by atoms with van der Waals surface area (Å²) >= 11 is 0. The molecule has 0 spiro atoms. The van der Waals surface area contributed by atoms with Crippen LogP contribution in [0, 0.1) is 11.8 Å². The molecule has 0 aromatic carbocycles. The highest BCUT2D eigenvalue weighted by atomic mass is 16.1. The molecule has 1 heterocycles. The molecule has 3 nitrogen and oxygen atoms in total. The normalized spacial score (nSPS) is 12.7. The minimum atomic E-state index is 0.213. The van der Waals surface area contributed by atoms with E-state index in [9.17, 15) is 9.59 Å². The molecule has 0 aliphatic carbocycles. The van der Waals surface area contributed by atoms with Gasteiger partial charge in [-0.2, -0.15) is 0 Å². The quantitative estimate of drug-likeness (QED) is 0.299. The molecule has 1 rings (SSSR count). The topological polar surface area (TPSA) is 51.2 Å². The van der Waals surface area contributed by atoms with E-state index in [1.807, 2.05) is 48.3 Å². The molecular weight excluding hydrogens is 347 g/mol. The zero-order valence-electron chi connectivity index (χ0n) is 20.7. The van der Waals surface area contributed by atoms with Gasteiger partial charge < -0.3 is 9.59 Å². The van der Waals surface area contributed by atoms with Crippen molar-refractivity contribution in [1.29, 1.82) is 0 Å². The maximum Gasteiger partial charge on any atom is 0.223 e. The van der Waals surface area contributed by atoms with Gasteiger partial charge in [0.15, 0.2) is 0 Å². The van der Waals surface area contributed by atoms with Crippen molar-refractivity contribution in [1.82, 2.24) is 0 Å². The van der Waals surface area contributed by atoms with Gasteiger partial charge in [-0.15, -0.1) is 0 Å². The van der Waals surface area contributed by atoms with E-state index in [4.69, 9.17) is 4.79 Å². The lowest BCUT2D eigenvalue weighted by Crippen LogP contribution is -2.28. The molecule has 1 saturated heterocycles. The standard InChI is InChI=1S/C14H27BO.C5H10O.2C2H6.CH2O/c1-3-4-5-6-7-10-13(2)14(16)15-11-8-9-12-15;1-4(2)5(3)6;3*1-2/h13H,3-12H2,1-2H3;4H,1-3H3;2*1-2H3;1H2/t13-;;;;/m0..../s1. The van der Waals surface area contributed by atoms with Crippen molar-refractivity contribution in [3.05, 3.63) is 0 Å². The molecule has 0 unspecified atom stereocenters. The molecule has 0 amide bonds. The van der Waals surface area contributed by atoms with Crippen LogP contribution in [0.25, 0.3) is 0 Å². The zero-order valence-corrected chi connectivity index (χ0v) is 20.7. The van der Waals surface area contributed by atoms with Gasteiger partial charge >= 0.3 is 0 Å². The summed E-state index contributed by atoms with van der Waals surface area (Å²) in [7, 11) is 0. The Morgan fingerprint density at radius 2 is 1.25 bits per heavy atom. The molecule has 1 aliphatic heterocycles. The van der Waals surface area contributed by atoms with Crippen molar-refractivity contribution in [2.24, 2.45) is 11.8 Å². The third-order valence-electron chi connectivity index (χ3n) is 4.80. The Kier molecular flexibility index (Phi) is 34.9. The number of hydrogen-bond acceptors (Lipinski definition) is 3. The van der Waals surface area contributed by atoms with E-state index < -0.39 is 0 Å². The summed E-state index contributed by atoms with van der Waals surface area (Å²) in [6, 6.07) is 0. The second-order valence-electron chi connectivity index (χ2n) is 7.25. The number of rotatable bonds is 9. The van der Waals surface area contributed by atoms with E-state index in [0.717, 1.165) is 6.42 Å². The predicted octanol–water partition coefficient (Wildman–Crippen LogP) is 7.48. The first kappa shape index (κ1) is 34.6. The largest absolute Gasteiger partial charge is 0.311 e. The number of hydrogen-bond donors (Lipinski definition) is 0. The van der Waals surface area contributed by atoms with Gasteiger partial charge in [-0.3, -0.25) is 4.79 Å². The van der Waals surface area contributed by atoms with Gasteiger partial charge in [-0.05, 0) is 13.3 Å². The first-order valence-electron chi connectivity index (χ1n) is 11.7. The molecule has 0 radical (unpaired) electrons. The lowest BCUT2D eigenvalue weighted by Gasteiger charge is -2.13. The number of Topliss-reactive ketones (excluding diaryl/α,β-unsaturated/α-hetero) is 1. The summed E-state index contributed by atoms with van der Waals surface area (Å²) in [5, 5.41) is 0. The molecule has 168 valence electrons. The zero-order chi connectivity index (χ0) is 23.0. The highest BCUT2D eigenvalue weighted by molar-refractivity contribution is 6.90. The van der Waals surface area contributed by atoms with E-state index in [2.05, 4.69) is 13.8 Å². The van der Waals surface area contributed by atoms with Crippen molar-refractivity contribution in [3.63, 3.8) is 0 Å². The van der Waals surface area contributed by atoms with Crippen molar-refractivity contribution < 1.29 is 14.4 Å². The molecule has 0 N–H and O–H groups in total. The average Bonchev–Trinajstić information content (AvgIpc) is 3.27. The summed E-state index contributed by atoms with van der Waals surface area (Å²) in [6.07, 6.45) is 12.6. The van der Waals surface area contributed by atoms with Crippen molar-refractivity contribution >= 4 is 25.0 Å². The van der Waals surface area contributed by atoms with Crippen LogP contribution in [0.4, 0.5) is 0 Å². The number of carbonyl (C=O) groups is 3. The van der Waals surface area contributed by atoms with Crippen LogP contribution in [0.3, 0.4) is 0 Å². The molecule has 28 heavy (non-hydrogen) atoms. The minimum Gasteiger partial charge on any atom is -0.311 e. The number of carbonyl (C=O) groups excluding carboxylic acids is 3. The first-order chi connectivity index (χ1) is 13.4. The second kappa shape index (κ2) is 28.3. The minimum absolute atomic E-state index is 0.213. The lowest BCUT2D eigenvalue weighted by molar-refractivity contribution is -0.119. The van der Waals surface area contributed by atoms with Crippen LogP contribution < -0.4 is 0 Å². The van der Waals surface area contributed by atoms with E-state index >= 15 is 0 Å². The Morgan fingerprint density at radius 1 is 0.857 bits per heavy atom. The summed E-state index contributed by atoms with van der Waals surface area (Å²) in [4.78, 5) is 30.2. The monoisotopic (exact) mass is 398 g/mol. The van der Waals surface area contributed by atoms with Crippen LogP contribution in [0.2, 0.25) is 12.6 Å². The number of ketones is 1. The van der Waals surface area contributed by atoms with E-state index in [1.165, 1.54) is 57.6 Å². The van der Waals surface area contributed by atoms with E-state index in [-0.39, 0.29) is 11.7 Å². The van der Waals surface area contributed by atoms with Crippen molar-refractivity contribution in [2.45, 2.75) is 126 Å². The molecule has 1 atom stereocenters. The fourth-order valence-electron chi connectivity index (χ4n) is 2.81. The number of unbranched alkanes of at least 4 members (excludes halogenated alkanes) is 4. The third kappa shape index (κ3) is 23.1. The van der Waals surface area contributed by atoms with Gasteiger partial charge in [-0.25, -0.2) is 0 Å². The van der Waals surface area contributed by atoms with Crippen LogP contribution in [-0.4, -0.2) is 25.0 Å². The Hall–Kier alpha value is -0.925. The first-order valence-corrected chi connectivity index (χ1v) is 11.7. The highest BCUT2D eigenvalue weighted by Gasteiger charge is 2.29. The van der Waals surface area contributed by atoms with Crippen molar-refractivity contribution in [2.75, 3.05) is 0 Å². The highest BCUT2D eigenvalue weighted by Crippen LogP contribution is 2.24. The summed E-state index contributed by atoms with van der Waals surface area (Å²) in [6.45, 7) is 20.2. The lowest BCUT2D eigenvalue weighted by atomic mass is 9.43. The third-order valence-corrected chi connectivity index (χ3v) is 4.80. The molecular formula is C24H51BO3. The summed E-state index contributed by atoms with van der Waals surface area (Å²) in [5.41, 5.74) is 0.563. The SMILES string of the molecule is C=O.CC.CC.CC(=O)C(C)C.CCCCCCC[C@H](C)C(=O)B1CCCC1. The van der Waals surface area contributed by atoms with Gasteiger partial charge in [0.25, 0.3) is 0 Å². The van der Waals surface area contributed by atoms with Gasteiger partial charge in [0.1, 0.15) is 12.6 Å². The van der Waals surface area contributed by atoms with Crippen LogP contribution in [0.1, 0.15) is 114 Å². The summed E-state index contributed by atoms with van der Waals surface area (Å²) < 4.78 is 0. The van der Waals surface area contributed by atoms with Crippen LogP contribution >= 0.6 is 0 Å². The van der Waals surface area contributed by atoms with E-state index in [1.54, 1.807) is 6.92 Å². The maximum atomic E-state index is 12.1. The van der Waals surface area contributed by atoms with Gasteiger partial charge in [-0.1, -0.05) is 113 Å². The summed E-state index contributed by atoms with van der Waals surface area (Å²) in [5.74, 6) is 0.796.